The summed E-state index contributed by atoms with van der Waals surface area (Å²) in [5, 5.41) is 9.02. The lowest BCUT2D eigenvalue weighted by molar-refractivity contribution is 0.0686. The van der Waals surface area contributed by atoms with Crippen LogP contribution in [0.3, 0.4) is 0 Å². The van der Waals surface area contributed by atoms with Gasteiger partial charge in [-0.25, -0.2) is 14.8 Å². The summed E-state index contributed by atoms with van der Waals surface area (Å²) in [6, 6.07) is 7.29. The smallest absolute Gasteiger partial charge is 0.360 e. The Morgan fingerprint density at radius 2 is 2.00 bits per heavy atom. The average molecular weight is 256 g/mol. The van der Waals surface area contributed by atoms with Gasteiger partial charge in [0, 0.05) is 18.0 Å². The zero-order valence-electron chi connectivity index (χ0n) is 10.3. The topological polar surface area (TPSA) is 72.3 Å². The summed E-state index contributed by atoms with van der Waals surface area (Å²) in [6.45, 7) is 1.89. The highest BCUT2D eigenvalue weighted by Crippen LogP contribution is 2.26. The number of carboxylic acids is 1. The van der Waals surface area contributed by atoms with Crippen LogP contribution in [0, 0.1) is 0 Å². The summed E-state index contributed by atoms with van der Waals surface area (Å²) in [5.41, 5.74) is 0.629. The van der Waals surface area contributed by atoms with E-state index in [4.69, 9.17) is 9.84 Å². The molecule has 96 valence electrons. The summed E-state index contributed by atoms with van der Waals surface area (Å²) in [5.74, 6) is -0.665. The molecule has 0 unspecified atom stereocenters. The maximum Gasteiger partial charge on any atom is 0.360 e. The summed E-state index contributed by atoms with van der Waals surface area (Å²) in [6.07, 6.45) is 6.44. The lowest BCUT2D eigenvalue weighted by Gasteiger charge is -2.08. The average Bonchev–Trinajstić information content (AvgIpc) is 2.42. The SMILES string of the molecule is CC=Cc1ccccc1Oc1nccnc1C(=O)O. The normalized spacial score (nSPS) is 10.6. The van der Waals surface area contributed by atoms with Gasteiger partial charge < -0.3 is 9.84 Å². The van der Waals surface area contributed by atoms with Gasteiger partial charge in [0.05, 0.1) is 0 Å². The predicted octanol–water partition coefficient (Wildman–Crippen LogP) is 3.00. The molecule has 5 nitrogen and oxygen atoms in total. The van der Waals surface area contributed by atoms with E-state index in [0.717, 1.165) is 5.56 Å². The molecular formula is C14H12N2O3. The van der Waals surface area contributed by atoms with Crippen molar-refractivity contribution in [3.05, 3.63) is 54.0 Å². The Hall–Kier alpha value is -2.69. The first kappa shape index (κ1) is 12.8. The van der Waals surface area contributed by atoms with E-state index in [0.29, 0.717) is 5.75 Å². The fourth-order valence-electron chi connectivity index (χ4n) is 1.54. The number of carboxylic acid groups (broad SMARTS) is 1. The fourth-order valence-corrected chi connectivity index (χ4v) is 1.54. The molecule has 0 fully saturated rings. The number of hydrogen-bond acceptors (Lipinski definition) is 4. The van der Waals surface area contributed by atoms with E-state index in [-0.39, 0.29) is 11.6 Å². The number of aromatic nitrogens is 2. The molecule has 0 spiro atoms. The number of carbonyl (C=O) groups is 1. The van der Waals surface area contributed by atoms with Crippen LogP contribution in [0.4, 0.5) is 0 Å². The third-order valence-electron chi connectivity index (χ3n) is 2.34. The van der Waals surface area contributed by atoms with Crippen LogP contribution in [0.15, 0.2) is 42.7 Å². The Kier molecular flexibility index (Phi) is 3.87. The van der Waals surface area contributed by atoms with E-state index >= 15 is 0 Å². The van der Waals surface area contributed by atoms with Crippen LogP contribution in [0.25, 0.3) is 6.08 Å². The first-order valence-corrected chi connectivity index (χ1v) is 5.66. The molecule has 5 heteroatoms. The van der Waals surface area contributed by atoms with Gasteiger partial charge in [-0.15, -0.1) is 0 Å². The highest BCUT2D eigenvalue weighted by atomic mass is 16.5. The van der Waals surface area contributed by atoms with Gasteiger partial charge in [-0.3, -0.25) is 0 Å². The number of rotatable bonds is 4. The monoisotopic (exact) mass is 256 g/mol. The van der Waals surface area contributed by atoms with Gasteiger partial charge in [-0.1, -0.05) is 30.4 Å². The van der Waals surface area contributed by atoms with Crippen molar-refractivity contribution in [2.75, 3.05) is 0 Å². The maximum atomic E-state index is 11.0. The van der Waals surface area contributed by atoms with Crippen molar-refractivity contribution in [2.24, 2.45) is 0 Å². The van der Waals surface area contributed by atoms with Crippen LogP contribution in [-0.2, 0) is 0 Å². The van der Waals surface area contributed by atoms with E-state index in [1.807, 2.05) is 31.2 Å². The second kappa shape index (κ2) is 5.77. The highest BCUT2D eigenvalue weighted by molar-refractivity contribution is 5.87. The van der Waals surface area contributed by atoms with Crippen LogP contribution >= 0.6 is 0 Å². The number of benzene rings is 1. The third kappa shape index (κ3) is 2.95. The Labute approximate surface area is 110 Å². The molecule has 0 radical (unpaired) electrons. The van der Waals surface area contributed by atoms with Gasteiger partial charge in [0.15, 0.2) is 0 Å². The molecule has 0 saturated heterocycles. The number of aromatic carboxylic acids is 1. The van der Waals surface area contributed by atoms with Gasteiger partial charge >= 0.3 is 5.97 Å². The molecule has 2 aromatic rings. The highest BCUT2D eigenvalue weighted by Gasteiger charge is 2.15. The van der Waals surface area contributed by atoms with E-state index in [2.05, 4.69) is 9.97 Å². The lowest BCUT2D eigenvalue weighted by atomic mass is 10.2. The van der Waals surface area contributed by atoms with Crippen LogP contribution < -0.4 is 4.74 Å². The van der Waals surface area contributed by atoms with Crippen LogP contribution in [0.2, 0.25) is 0 Å². The van der Waals surface area contributed by atoms with E-state index in [9.17, 15) is 4.79 Å². The lowest BCUT2D eigenvalue weighted by Crippen LogP contribution is -2.04. The Bertz CT molecular complexity index is 624. The number of nitrogens with zero attached hydrogens (tertiary/aromatic N) is 2. The molecule has 1 aromatic carbocycles. The minimum absolute atomic E-state index is 0.0213. The maximum absolute atomic E-state index is 11.0. The fraction of sp³-hybridized carbons (Fsp3) is 0.0714. The molecule has 1 heterocycles. The van der Waals surface area contributed by atoms with Crippen molar-refractivity contribution >= 4 is 12.0 Å². The Balaban J connectivity index is 2.39. The summed E-state index contributed by atoms with van der Waals surface area (Å²) < 4.78 is 5.55. The van der Waals surface area contributed by atoms with Gasteiger partial charge in [0.1, 0.15) is 5.75 Å². The Morgan fingerprint density at radius 3 is 2.74 bits per heavy atom. The molecule has 2 rings (SSSR count). The van der Waals surface area contributed by atoms with Crippen molar-refractivity contribution in [3.8, 4) is 11.6 Å². The van der Waals surface area contributed by atoms with Crippen LogP contribution in [-0.4, -0.2) is 21.0 Å². The molecule has 0 atom stereocenters. The van der Waals surface area contributed by atoms with E-state index < -0.39 is 5.97 Å². The molecule has 0 aliphatic carbocycles. The van der Waals surface area contributed by atoms with E-state index in [1.54, 1.807) is 12.1 Å². The Morgan fingerprint density at radius 1 is 1.26 bits per heavy atom. The second-order valence-corrected chi connectivity index (χ2v) is 3.66. The molecular weight excluding hydrogens is 244 g/mol. The van der Waals surface area contributed by atoms with Crippen molar-refractivity contribution in [3.63, 3.8) is 0 Å². The first-order valence-electron chi connectivity index (χ1n) is 5.66. The third-order valence-corrected chi connectivity index (χ3v) is 2.34. The summed E-state index contributed by atoms with van der Waals surface area (Å²) in [7, 11) is 0. The summed E-state index contributed by atoms with van der Waals surface area (Å²) >= 11 is 0. The van der Waals surface area contributed by atoms with Crippen molar-refractivity contribution in [1.82, 2.24) is 9.97 Å². The molecule has 19 heavy (non-hydrogen) atoms. The predicted molar refractivity (Wildman–Crippen MR) is 70.2 cm³/mol. The molecule has 1 aromatic heterocycles. The van der Waals surface area contributed by atoms with Gasteiger partial charge in [-0.2, -0.15) is 0 Å². The minimum atomic E-state index is -1.17. The summed E-state index contributed by atoms with van der Waals surface area (Å²) in [4.78, 5) is 18.7. The molecule has 0 bridgehead atoms. The van der Waals surface area contributed by atoms with Crippen LogP contribution in [0.5, 0.6) is 11.6 Å². The quantitative estimate of drug-likeness (QED) is 0.910. The standard InChI is InChI=1S/C14H12N2O3/c1-2-5-10-6-3-4-7-11(10)19-13-12(14(17)18)15-8-9-16-13/h2-9H,1H3,(H,17,18). The molecule has 0 aliphatic heterocycles. The van der Waals surface area contributed by atoms with Gasteiger partial charge in [0.2, 0.25) is 5.69 Å². The van der Waals surface area contributed by atoms with Crippen molar-refractivity contribution < 1.29 is 14.6 Å². The van der Waals surface area contributed by atoms with Gasteiger partial charge in [0.25, 0.3) is 5.88 Å². The first-order chi connectivity index (χ1) is 9.22. The molecule has 0 aliphatic rings. The number of allylic oxidation sites excluding steroid dienone is 1. The van der Waals surface area contributed by atoms with Gasteiger partial charge in [-0.05, 0) is 13.0 Å². The minimum Gasteiger partial charge on any atom is -0.476 e. The molecule has 0 amide bonds. The second-order valence-electron chi connectivity index (χ2n) is 3.66. The zero-order chi connectivity index (χ0) is 13.7. The van der Waals surface area contributed by atoms with Crippen LogP contribution in [0.1, 0.15) is 23.0 Å². The molecule has 0 saturated carbocycles. The van der Waals surface area contributed by atoms with E-state index in [1.165, 1.54) is 12.4 Å². The van der Waals surface area contributed by atoms with Crippen molar-refractivity contribution in [2.45, 2.75) is 6.92 Å². The number of hydrogen-bond donors (Lipinski definition) is 1. The number of ether oxygens (including phenoxy) is 1. The van der Waals surface area contributed by atoms with Crippen molar-refractivity contribution in [1.29, 1.82) is 0 Å². The number of para-hydroxylation sites is 1. The molecule has 1 N–H and O–H groups in total. The largest absolute Gasteiger partial charge is 0.476 e. The zero-order valence-corrected chi connectivity index (χ0v) is 10.3.